The summed E-state index contributed by atoms with van der Waals surface area (Å²) in [5, 5.41) is 1.38. The van der Waals surface area contributed by atoms with Crippen molar-refractivity contribution in [2.75, 3.05) is 39.6 Å². The Hall–Kier alpha value is -13.6. The molecule has 592 valence electrons. The molecule has 0 aromatic heterocycles. The second kappa shape index (κ2) is 31.9. The number of epoxide rings is 2. The van der Waals surface area contributed by atoms with E-state index in [-0.39, 0.29) is 150 Å². The molecule has 4 aliphatic heterocycles. The van der Waals surface area contributed by atoms with Gasteiger partial charge in [0.25, 0.3) is 23.6 Å². The summed E-state index contributed by atoms with van der Waals surface area (Å²) >= 11 is 0. The highest BCUT2D eigenvalue weighted by Crippen LogP contribution is 2.59. The van der Waals surface area contributed by atoms with Crippen LogP contribution in [0.3, 0.4) is 0 Å². The van der Waals surface area contributed by atoms with Gasteiger partial charge in [0, 0.05) is 43.1 Å². The number of ether oxygens (including phenoxy) is 10. The van der Waals surface area contributed by atoms with Gasteiger partial charge in [-0.1, -0.05) is 196 Å². The molecule has 4 aliphatic rings. The summed E-state index contributed by atoms with van der Waals surface area (Å²) in [7, 11) is 0. The van der Waals surface area contributed by atoms with Gasteiger partial charge in [-0.15, -0.1) is 0 Å². The second-order valence-corrected chi connectivity index (χ2v) is 31.1. The molecule has 0 spiro atoms. The quantitative estimate of drug-likeness (QED) is 0.0110. The van der Waals surface area contributed by atoms with E-state index in [4.69, 9.17) is 47.4 Å². The van der Waals surface area contributed by atoms with Crippen molar-refractivity contribution in [2.24, 2.45) is 11.8 Å². The lowest BCUT2D eigenvalue weighted by molar-refractivity contribution is -0.155. The molecule has 0 bridgehead atoms. The molecule has 4 heterocycles. The topological polar surface area (TPSA) is 242 Å². The molecule has 118 heavy (non-hydrogen) atoms. The van der Waals surface area contributed by atoms with Gasteiger partial charge < -0.3 is 47.4 Å². The van der Waals surface area contributed by atoms with Crippen molar-refractivity contribution in [3.05, 3.63) is 263 Å². The summed E-state index contributed by atoms with van der Waals surface area (Å²) < 4.78 is 62.9. The van der Waals surface area contributed by atoms with E-state index in [1.807, 2.05) is 198 Å². The van der Waals surface area contributed by atoms with Crippen molar-refractivity contribution in [3.8, 4) is 90.5 Å². The molecule has 20 nitrogen and oxygen atoms in total. The summed E-state index contributed by atoms with van der Waals surface area (Å²) in [6, 6.07) is 64.5. The van der Waals surface area contributed by atoms with Gasteiger partial charge in [-0.2, -0.15) is 0 Å². The molecule has 4 amide bonds. The Balaban J connectivity index is 0.980. The minimum atomic E-state index is -1.59. The van der Waals surface area contributed by atoms with Crippen LogP contribution in [0.1, 0.15) is 104 Å². The van der Waals surface area contributed by atoms with Crippen LogP contribution < -0.4 is 18.9 Å². The number of esters is 4. The zero-order valence-electron chi connectivity index (χ0n) is 66.1. The Kier molecular flexibility index (Phi) is 20.8. The fourth-order valence-corrected chi connectivity index (χ4v) is 16.0. The number of carbonyl (C=O) groups is 8. The lowest BCUT2D eigenvalue weighted by Gasteiger charge is -2.36. The number of hydrogen-bond acceptors (Lipinski definition) is 18. The number of aryl methyl sites for hydroxylation is 4. The number of carbonyl (C=O) groups excluding carboxylic acids is 8. The predicted molar refractivity (Wildman–Crippen MR) is 445 cm³/mol. The highest BCUT2D eigenvalue weighted by Gasteiger charge is 2.48. The average Bonchev–Trinajstić information content (AvgIpc) is 1.05. The van der Waals surface area contributed by atoms with Crippen LogP contribution >= 0.6 is 0 Å². The van der Waals surface area contributed by atoms with E-state index >= 15 is 28.8 Å². The Morgan fingerprint density at radius 3 is 0.814 bits per heavy atom. The van der Waals surface area contributed by atoms with E-state index in [0.29, 0.717) is 13.2 Å². The Labute approximate surface area is 679 Å². The highest BCUT2D eigenvalue weighted by molar-refractivity contribution is 6.45. The van der Waals surface area contributed by atoms with Gasteiger partial charge in [0.05, 0.1) is 48.3 Å². The zero-order valence-corrected chi connectivity index (χ0v) is 66.1. The van der Waals surface area contributed by atoms with Crippen molar-refractivity contribution >= 4 is 90.6 Å². The first-order chi connectivity index (χ1) is 57.1. The normalized spacial score (nSPS) is 15.3. The van der Waals surface area contributed by atoms with Crippen molar-refractivity contribution in [2.45, 2.75) is 92.5 Å². The van der Waals surface area contributed by atoms with Crippen LogP contribution in [-0.2, 0) is 47.6 Å². The summed E-state index contributed by atoms with van der Waals surface area (Å²) in [6.07, 6.45) is -1.07. The first kappa shape index (κ1) is 77.0. The van der Waals surface area contributed by atoms with E-state index < -0.39 is 84.6 Å². The van der Waals surface area contributed by atoms with E-state index in [1.165, 1.54) is 24.3 Å². The lowest BCUT2D eigenvalue weighted by Crippen LogP contribution is -2.53. The second-order valence-electron chi connectivity index (χ2n) is 31.1. The fourth-order valence-electron chi connectivity index (χ4n) is 16.0. The molecule has 20 heteroatoms. The van der Waals surface area contributed by atoms with Crippen molar-refractivity contribution in [1.82, 2.24) is 9.80 Å². The largest absolute Gasteiger partial charge is 0.464 e. The van der Waals surface area contributed by atoms with Gasteiger partial charge in [0.15, 0.2) is 0 Å². The van der Waals surface area contributed by atoms with Crippen LogP contribution in [0.2, 0.25) is 0 Å². The SMILES string of the molecule is Cc1cccc(-c2cccc(Oc3cc4c5c(cc(Oc6cccc(-c7cccc(C)c7)c6)c6c7c(Oc8cccc(-c9cccc(C)c9)c8)cc8c9c(cc(Oc%10cccc(-c%11cccc(C)c%11)c%10)c(c3c56)c97)C(=O)N(C(C(=O)OCCC(=O)OCC3CO3)C(C)C)C8=O)C(=O)N(C(C(=O)OCCC(=O)OCC3CO3)C(C)C)C4=O)c2)c1. The maximum absolute atomic E-state index is 16.6. The number of nitrogens with zero attached hydrogens (tertiary/aromatic N) is 2. The molecule has 4 unspecified atom stereocenters. The third kappa shape index (κ3) is 15.3. The molecule has 0 radical (unpaired) electrons. The molecular formula is C98H82N2O18. The maximum Gasteiger partial charge on any atom is 0.329 e. The van der Waals surface area contributed by atoms with Crippen molar-refractivity contribution in [3.63, 3.8) is 0 Å². The fraction of sp³-hybridized carbons (Fsp3) is 0.224. The van der Waals surface area contributed by atoms with Crippen LogP contribution in [0.15, 0.2) is 218 Å². The monoisotopic (exact) mass is 1570 g/mol. The molecule has 0 aliphatic carbocycles. The Bertz CT molecular complexity index is 5600. The van der Waals surface area contributed by atoms with Gasteiger partial charge in [-0.3, -0.25) is 38.6 Å². The number of benzene rings is 13. The van der Waals surface area contributed by atoms with E-state index in [9.17, 15) is 9.59 Å². The van der Waals surface area contributed by atoms with E-state index in [1.54, 1.807) is 52.0 Å². The number of imide groups is 2. The first-order valence-electron chi connectivity index (χ1n) is 39.5. The highest BCUT2D eigenvalue weighted by atomic mass is 16.6. The molecule has 2 fully saturated rings. The van der Waals surface area contributed by atoms with Crippen LogP contribution in [-0.4, -0.2) is 121 Å². The molecule has 0 N–H and O–H groups in total. The number of amides is 4. The molecule has 2 saturated heterocycles. The molecule has 4 atom stereocenters. The molecular weight excluding hydrogens is 1490 g/mol. The van der Waals surface area contributed by atoms with Gasteiger partial charge in [-0.25, -0.2) is 9.59 Å². The van der Waals surface area contributed by atoms with Gasteiger partial charge in [0.1, 0.15) is 96.7 Å². The smallest absolute Gasteiger partial charge is 0.329 e. The third-order valence-electron chi connectivity index (χ3n) is 21.7. The summed E-state index contributed by atoms with van der Waals surface area (Å²) in [5.41, 5.74) is 10.2. The summed E-state index contributed by atoms with van der Waals surface area (Å²) in [5.74, 6) is -7.32. The first-order valence-corrected chi connectivity index (χ1v) is 39.5. The average molecular weight is 1580 g/mol. The number of rotatable bonds is 28. The molecule has 13 aromatic rings. The maximum atomic E-state index is 16.6. The third-order valence-corrected chi connectivity index (χ3v) is 21.7. The van der Waals surface area contributed by atoms with Gasteiger partial charge in [-0.05, 0) is 157 Å². The van der Waals surface area contributed by atoms with Crippen LogP contribution in [0.25, 0.3) is 87.6 Å². The zero-order chi connectivity index (χ0) is 81.9. The Morgan fingerprint density at radius 1 is 0.331 bits per heavy atom. The minimum Gasteiger partial charge on any atom is -0.464 e. The summed E-state index contributed by atoms with van der Waals surface area (Å²) in [4.78, 5) is 124. The van der Waals surface area contributed by atoms with Gasteiger partial charge in [0.2, 0.25) is 0 Å². The van der Waals surface area contributed by atoms with E-state index in [2.05, 4.69) is 0 Å². The molecule has 13 aromatic carbocycles. The number of fused-ring (bicyclic) bond motifs is 2. The van der Waals surface area contributed by atoms with Crippen LogP contribution in [0, 0.1) is 39.5 Å². The minimum absolute atomic E-state index is 0.00313. The Morgan fingerprint density at radius 2 is 0.576 bits per heavy atom. The standard InChI is InChI=1S/C98H82N2O18/c1-53(2)91(97(107)109-35-33-81(101)113-51-71-49-111-71)99-93(103)73-45-77(115-67-29-13-25-63(41-67)59-21-9-17-55(5)37-59)85-87-79(117-69-31-15-27-65(43-69)61-23-11-19-57(7)39-61)47-75-84-76(96(106)100(95(75)105)92(54(3)4)98(108)110-36-34-82(102)114-52-72-50-112-72)48-80(118-70-32-16-28-66(44-70)62-24-12-20-58(8)40-62)88(90(84)87)86-78(46-74(94(99)104)83(73)89(85)86)116-68-30-14-26-64(42-68)60-22-10-18-56(6)38-60/h9-32,37-48,53-54,71-72,91-92H,33-36,49-52H2,1-8H3. The van der Waals surface area contributed by atoms with E-state index in [0.717, 1.165) is 76.6 Å². The van der Waals surface area contributed by atoms with Gasteiger partial charge >= 0.3 is 23.9 Å². The van der Waals surface area contributed by atoms with Crippen molar-refractivity contribution in [1.29, 1.82) is 0 Å². The lowest BCUT2D eigenvalue weighted by atomic mass is 9.80. The molecule has 17 rings (SSSR count). The molecule has 0 saturated carbocycles. The number of hydrogen-bond donors (Lipinski definition) is 0. The van der Waals surface area contributed by atoms with Crippen molar-refractivity contribution < 1.29 is 85.7 Å². The predicted octanol–water partition coefficient (Wildman–Crippen LogP) is 19.8. The van der Waals surface area contributed by atoms with Crippen LogP contribution in [0.5, 0.6) is 46.0 Å². The summed E-state index contributed by atoms with van der Waals surface area (Å²) in [6.45, 7) is 14.8. The van der Waals surface area contributed by atoms with Crippen LogP contribution in [0.4, 0.5) is 0 Å².